The molecule has 0 unspecified atom stereocenters. The molecule has 0 spiro atoms. The molecule has 2 amide bonds. The van der Waals surface area contributed by atoms with Crippen LogP contribution in [0.25, 0.3) is 0 Å². The van der Waals surface area contributed by atoms with Crippen molar-refractivity contribution >= 4 is 17.8 Å². The quantitative estimate of drug-likeness (QED) is 0.562. The van der Waals surface area contributed by atoms with Crippen molar-refractivity contribution < 1.29 is 28.3 Å². The SMILES string of the molecule is C=CC1=C(/C=C\C)C(=O)N(OCc2cc(C(=O)OC)ccc2F)C1=O.CC. The molecular weight excluding hydrogens is 353 g/mol. The number of hydroxylamine groups is 2. The van der Waals surface area contributed by atoms with Crippen molar-refractivity contribution in [3.63, 3.8) is 0 Å². The number of carbonyl (C=O) groups excluding carboxylic acids is 3. The molecule has 0 radical (unpaired) electrons. The number of allylic oxidation sites excluding steroid dienone is 1. The van der Waals surface area contributed by atoms with Gasteiger partial charge in [-0.25, -0.2) is 9.18 Å². The highest BCUT2D eigenvalue weighted by molar-refractivity contribution is 6.21. The second-order valence-corrected chi connectivity index (χ2v) is 5.01. The third-order valence-corrected chi connectivity index (χ3v) is 3.47. The lowest BCUT2D eigenvalue weighted by Gasteiger charge is -2.15. The molecule has 1 aliphatic heterocycles. The Balaban J connectivity index is 0.00000176. The number of nitrogens with zero attached hydrogens (tertiary/aromatic N) is 1. The fourth-order valence-electron chi connectivity index (χ4n) is 2.25. The van der Waals surface area contributed by atoms with Crippen LogP contribution < -0.4 is 0 Å². The van der Waals surface area contributed by atoms with Gasteiger partial charge in [0.25, 0.3) is 11.8 Å². The van der Waals surface area contributed by atoms with Gasteiger partial charge in [-0.2, -0.15) is 0 Å². The summed E-state index contributed by atoms with van der Waals surface area (Å²) in [6.07, 6.45) is 4.34. The van der Waals surface area contributed by atoms with Gasteiger partial charge in [0.15, 0.2) is 0 Å². The summed E-state index contributed by atoms with van der Waals surface area (Å²) in [5, 5.41) is 0.552. The lowest BCUT2D eigenvalue weighted by molar-refractivity contribution is -0.190. The van der Waals surface area contributed by atoms with Gasteiger partial charge in [0.1, 0.15) is 12.4 Å². The summed E-state index contributed by atoms with van der Waals surface area (Å²) < 4.78 is 18.5. The van der Waals surface area contributed by atoms with Crippen molar-refractivity contribution in [2.24, 2.45) is 0 Å². The molecule has 0 saturated heterocycles. The lowest BCUT2D eigenvalue weighted by Crippen LogP contribution is -2.31. The number of hydrogen-bond donors (Lipinski definition) is 0. The van der Waals surface area contributed by atoms with Crippen LogP contribution >= 0.6 is 0 Å². The van der Waals surface area contributed by atoms with Gasteiger partial charge >= 0.3 is 5.97 Å². The van der Waals surface area contributed by atoms with E-state index in [9.17, 15) is 18.8 Å². The Morgan fingerprint density at radius 1 is 1.22 bits per heavy atom. The molecule has 27 heavy (non-hydrogen) atoms. The maximum Gasteiger partial charge on any atom is 0.337 e. The zero-order valence-electron chi connectivity index (χ0n) is 15.7. The van der Waals surface area contributed by atoms with Crippen molar-refractivity contribution in [3.05, 3.63) is 71.1 Å². The van der Waals surface area contributed by atoms with E-state index >= 15 is 0 Å². The number of carbonyl (C=O) groups is 3. The average molecular weight is 375 g/mol. The maximum atomic E-state index is 13.9. The van der Waals surface area contributed by atoms with E-state index in [1.54, 1.807) is 13.0 Å². The van der Waals surface area contributed by atoms with Crippen molar-refractivity contribution in [2.45, 2.75) is 27.4 Å². The number of methoxy groups -OCH3 is 1. The summed E-state index contributed by atoms with van der Waals surface area (Å²) in [5.74, 6) is -2.63. The van der Waals surface area contributed by atoms with Gasteiger partial charge in [0.05, 0.1) is 23.8 Å². The first-order valence-electron chi connectivity index (χ1n) is 8.32. The summed E-state index contributed by atoms with van der Waals surface area (Å²) >= 11 is 0. The first kappa shape index (κ1) is 22.0. The molecule has 7 heteroatoms. The van der Waals surface area contributed by atoms with Gasteiger partial charge < -0.3 is 4.74 Å². The predicted molar refractivity (Wildman–Crippen MR) is 97.8 cm³/mol. The number of esters is 1. The van der Waals surface area contributed by atoms with Gasteiger partial charge in [-0.1, -0.05) is 38.7 Å². The van der Waals surface area contributed by atoms with E-state index in [1.807, 2.05) is 13.8 Å². The first-order valence-corrected chi connectivity index (χ1v) is 8.32. The molecule has 0 N–H and O–H groups in total. The molecule has 0 aromatic heterocycles. The summed E-state index contributed by atoms with van der Waals surface area (Å²) in [4.78, 5) is 41.2. The van der Waals surface area contributed by atoms with Gasteiger partial charge in [-0.15, -0.1) is 5.06 Å². The van der Waals surface area contributed by atoms with Gasteiger partial charge in [0, 0.05) is 5.56 Å². The number of benzene rings is 1. The number of rotatable bonds is 6. The molecule has 0 aliphatic carbocycles. The molecule has 1 aromatic carbocycles. The molecule has 2 rings (SSSR count). The lowest BCUT2D eigenvalue weighted by atomic mass is 10.1. The van der Waals surface area contributed by atoms with Gasteiger partial charge in [0.2, 0.25) is 0 Å². The summed E-state index contributed by atoms with van der Waals surface area (Å²) in [6, 6.07) is 3.58. The molecule has 1 heterocycles. The van der Waals surface area contributed by atoms with Gasteiger partial charge in [-0.3, -0.25) is 14.4 Å². The van der Waals surface area contributed by atoms with E-state index < -0.39 is 30.2 Å². The molecule has 144 valence electrons. The Hall–Kier alpha value is -3.06. The summed E-state index contributed by atoms with van der Waals surface area (Å²) in [5.41, 5.74) is 0.377. The van der Waals surface area contributed by atoms with Crippen LogP contribution in [0.2, 0.25) is 0 Å². The second kappa shape index (κ2) is 10.2. The van der Waals surface area contributed by atoms with Crippen molar-refractivity contribution in [2.75, 3.05) is 7.11 Å². The molecule has 0 atom stereocenters. The molecule has 6 nitrogen and oxygen atoms in total. The van der Waals surface area contributed by atoms with E-state index in [0.29, 0.717) is 5.06 Å². The number of ether oxygens (including phenoxy) is 1. The normalized spacial score (nSPS) is 13.7. The molecular formula is C20H22FNO5. The van der Waals surface area contributed by atoms with E-state index in [4.69, 9.17) is 4.84 Å². The third-order valence-electron chi connectivity index (χ3n) is 3.47. The predicted octanol–water partition coefficient (Wildman–Crippen LogP) is 3.50. The van der Waals surface area contributed by atoms with Crippen molar-refractivity contribution in [1.29, 1.82) is 0 Å². The van der Waals surface area contributed by atoms with E-state index in [0.717, 1.165) is 6.07 Å². The number of hydrogen-bond acceptors (Lipinski definition) is 5. The van der Waals surface area contributed by atoms with Crippen molar-refractivity contribution in [1.82, 2.24) is 5.06 Å². The van der Waals surface area contributed by atoms with Crippen LogP contribution in [0.15, 0.2) is 54.2 Å². The van der Waals surface area contributed by atoms with Crippen LogP contribution in [0.1, 0.15) is 36.7 Å². The smallest absolute Gasteiger partial charge is 0.337 e. The monoisotopic (exact) mass is 375 g/mol. The molecule has 0 saturated carbocycles. The minimum absolute atomic E-state index is 0.00290. The van der Waals surface area contributed by atoms with Crippen LogP contribution in [0.4, 0.5) is 4.39 Å². The largest absolute Gasteiger partial charge is 0.465 e. The number of halogens is 1. The van der Waals surface area contributed by atoms with E-state index in [1.165, 1.54) is 31.4 Å². The van der Waals surface area contributed by atoms with Crippen LogP contribution in [0.5, 0.6) is 0 Å². The fraction of sp³-hybridized carbons (Fsp3) is 0.250. The minimum Gasteiger partial charge on any atom is -0.465 e. The Kier molecular flexibility index (Phi) is 8.29. The average Bonchev–Trinajstić information content (AvgIpc) is 2.91. The van der Waals surface area contributed by atoms with Crippen molar-refractivity contribution in [3.8, 4) is 0 Å². The molecule has 0 bridgehead atoms. The van der Waals surface area contributed by atoms with Gasteiger partial charge in [-0.05, 0) is 25.1 Å². The highest BCUT2D eigenvalue weighted by Crippen LogP contribution is 2.24. The van der Waals surface area contributed by atoms with Crippen LogP contribution in [-0.2, 0) is 25.8 Å². The molecule has 1 aliphatic rings. The first-order chi connectivity index (χ1) is 12.9. The van der Waals surface area contributed by atoms with E-state index in [-0.39, 0.29) is 22.3 Å². The third kappa shape index (κ3) is 4.77. The van der Waals surface area contributed by atoms with E-state index in [2.05, 4.69) is 11.3 Å². The fourth-order valence-corrected chi connectivity index (χ4v) is 2.25. The Labute approximate surface area is 157 Å². The second-order valence-electron chi connectivity index (χ2n) is 5.01. The molecule has 1 aromatic rings. The number of imide groups is 1. The van der Waals surface area contributed by atoms with Crippen LogP contribution in [-0.4, -0.2) is 30.0 Å². The number of amides is 2. The minimum atomic E-state index is -0.683. The highest BCUT2D eigenvalue weighted by Gasteiger charge is 2.37. The Morgan fingerprint density at radius 3 is 2.41 bits per heavy atom. The summed E-state index contributed by atoms with van der Waals surface area (Å²) in [6.45, 7) is 8.79. The topological polar surface area (TPSA) is 72.9 Å². The Bertz CT molecular complexity index is 811. The van der Waals surface area contributed by atoms with Crippen LogP contribution in [0.3, 0.4) is 0 Å². The summed E-state index contributed by atoms with van der Waals surface area (Å²) in [7, 11) is 1.20. The highest BCUT2D eigenvalue weighted by atomic mass is 19.1. The maximum absolute atomic E-state index is 13.9. The molecule has 0 fully saturated rings. The zero-order chi connectivity index (χ0) is 20.6. The van der Waals surface area contributed by atoms with Crippen LogP contribution in [0, 0.1) is 5.82 Å². The standard InChI is InChI=1S/C18H16FNO5.C2H6/c1-4-6-14-13(5-2)16(21)20(17(14)22)25-10-12-9-11(18(23)24-3)7-8-15(12)19;1-2/h4-9H,2,10H2,1,3H3;1-2H3/b6-4-;. The zero-order valence-corrected chi connectivity index (χ0v) is 15.7. The Morgan fingerprint density at radius 2 is 1.85 bits per heavy atom.